The standard InChI is InChI=1S/C14H13ClO5S/c1-19-14-8-10(9-16)2-7-13(14)20-21(17,18)12-5-3-11(15)4-6-12/h2-8,16H,9H2,1H3. The molecule has 0 unspecified atom stereocenters. The zero-order chi connectivity index (χ0) is 15.5. The van der Waals surface area contributed by atoms with Gasteiger partial charge in [-0.15, -0.1) is 0 Å². The first-order chi connectivity index (χ1) is 9.96. The molecular formula is C14H13ClO5S. The Bertz CT molecular complexity index is 726. The van der Waals surface area contributed by atoms with Crippen LogP contribution >= 0.6 is 11.6 Å². The van der Waals surface area contributed by atoms with E-state index in [9.17, 15) is 8.42 Å². The molecule has 112 valence electrons. The third kappa shape index (κ3) is 3.66. The van der Waals surface area contributed by atoms with E-state index in [1.165, 1.54) is 43.5 Å². The van der Waals surface area contributed by atoms with Crippen LogP contribution in [0.4, 0.5) is 0 Å². The summed E-state index contributed by atoms with van der Waals surface area (Å²) in [6, 6.07) is 10.1. The fraction of sp³-hybridized carbons (Fsp3) is 0.143. The van der Waals surface area contributed by atoms with Crippen LogP contribution in [0.2, 0.25) is 5.02 Å². The molecule has 0 bridgehead atoms. The summed E-state index contributed by atoms with van der Waals surface area (Å²) in [7, 11) is -2.60. The monoisotopic (exact) mass is 328 g/mol. The summed E-state index contributed by atoms with van der Waals surface area (Å²) in [5.41, 5.74) is 0.586. The molecule has 0 aliphatic heterocycles. The van der Waals surface area contributed by atoms with E-state index in [2.05, 4.69) is 0 Å². The minimum Gasteiger partial charge on any atom is -0.493 e. The minimum atomic E-state index is -3.98. The van der Waals surface area contributed by atoms with Crippen LogP contribution in [0.1, 0.15) is 5.56 Å². The van der Waals surface area contributed by atoms with Gasteiger partial charge in [0.1, 0.15) is 4.90 Å². The predicted octanol–water partition coefficient (Wildman–Crippen LogP) is 2.61. The fourth-order valence-electron chi connectivity index (χ4n) is 1.65. The highest BCUT2D eigenvalue weighted by Gasteiger charge is 2.19. The molecular weight excluding hydrogens is 316 g/mol. The summed E-state index contributed by atoms with van der Waals surface area (Å²) >= 11 is 5.72. The molecule has 0 fully saturated rings. The number of aliphatic hydroxyl groups excluding tert-OH is 1. The Balaban J connectivity index is 2.34. The fourth-order valence-corrected chi connectivity index (χ4v) is 2.71. The molecule has 0 aliphatic carbocycles. The normalized spacial score (nSPS) is 11.2. The molecule has 0 saturated heterocycles. The zero-order valence-electron chi connectivity index (χ0n) is 11.1. The predicted molar refractivity (Wildman–Crippen MR) is 78.2 cm³/mol. The molecule has 7 heteroatoms. The van der Waals surface area contributed by atoms with E-state index in [1.807, 2.05) is 0 Å². The first kappa shape index (κ1) is 15.6. The second-order valence-corrected chi connectivity index (χ2v) is 6.12. The van der Waals surface area contributed by atoms with Crippen molar-refractivity contribution in [2.75, 3.05) is 7.11 Å². The van der Waals surface area contributed by atoms with Gasteiger partial charge in [0.25, 0.3) is 0 Å². The van der Waals surface area contributed by atoms with Crippen LogP contribution in [-0.4, -0.2) is 20.6 Å². The highest BCUT2D eigenvalue weighted by Crippen LogP contribution is 2.31. The zero-order valence-corrected chi connectivity index (χ0v) is 12.7. The highest BCUT2D eigenvalue weighted by atomic mass is 35.5. The average molecular weight is 329 g/mol. The molecule has 0 amide bonds. The average Bonchev–Trinajstić information content (AvgIpc) is 2.47. The molecule has 0 radical (unpaired) electrons. The number of hydrogen-bond donors (Lipinski definition) is 1. The summed E-state index contributed by atoms with van der Waals surface area (Å²) in [5, 5.41) is 9.49. The Kier molecular flexibility index (Phi) is 4.72. The van der Waals surface area contributed by atoms with Gasteiger partial charge in [-0.3, -0.25) is 0 Å². The van der Waals surface area contributed by atoms with Gasteiger partial charge in [-0.2, -0.15) is 8.42 Å². The number of ether oxygens (including phenoxy) is 1. The van der Waals surface area contributed by atoms with E-state index in [1.54, 1.807) is 6.07 Å². The van der Waals surface area contributed by atoms with Crippen LogP contribution in [0.3, 0.4) is 0 Å². The minimum absolute atomic E-state index is 0.0137. The number of hydrogen-bond acceptors (Lipinski definition) is 5. The number of rotatable bonds is 5. The van der Waals surface area contributed by atoms with Crippen molar-refractivity contribution in [1.29, 1.82) is 0 Å². The van der Waals surface area contributed by atoms with Gasteiger partial charge in [-0.1, -0.05) is 17.7 Å². The van der Waals surface area contributed by atoms with Crippen LogP contribution < -0.4 is 8.92 Å². The first-order valence-corrected chi connectivity index (χ1v) is 7.72. The molecule has 0 atom stereocenters. The molecule has 0 aromatic heterocycles. The summed E-state index contributed by atoms with van der Waals surface area (Å²) in [6.07, 6.45) is 0. The van der Waals surface area contributed by atoms with E-state index < -0.39 is 10.1 Å². The van der Waals surface area contributed by atoms with Crippen molar-refractivity contribution in [3.8, 4) is 11.5 Å². The summed E-state index contributed by atoms with van der Waals surface area (Å²) in [6.45, 7) is -0.180. The van der Waals surface area contributed by atoms with Crippen LogP contribution in [0.25, 0.3) is 0 Å². The molecule has 2 aromatic carbocycles. The summed E-state index contributed by atoms with van der Waals surface area (Å²) in [5.74, 6) is 0.267. The van der Waals surface area contributed by atoms with Crippen LogP contribution in [0, 0.1) is 0 Å². The number of benzene rings is 2. The van der Waals surface area contributed by atoms with Crippen molar-refractivity contribution in [2.45, 2.75) is 11.5 Å². The quantitative estimate of drug-likeness (QED) is 0.854. The Labute approximate surface area is 127 Å². The molecule has 0 heterocycles. The van der Waals surface area contributed by atoms with E-state index in [4.69, 9.17) is 25.6 Å². The smallest absolute Gasteiger partial charge is 0.339 e. The van der Waals surface area contributed by atoms with Crippen molar-refractivity contribution in [3.05, 3.63) is 53.1 Å². The van der Waals surface area contributed by atoms with Crippen molar-refractivity contribution in [2.24, 2.45) is 0 Å². The van der Waals surface area contributed by atoms with Gasteiger partial charge in [0.05, 0.1) is 13.7 Å². The van der Waals surface area contributed by atoms with Crippen molar-refractivity contribution < 1.29 is 22.4 Å². The lowest BCUT2D eigenvalue weighted by atomic mass is 10.2. The van der Waals surface area contributed by atoms with E-state index in [0.717, 1.165) is 0 Å². The van der Waals surface area contributed by atoms with Crippen molar-refractivity contribution in [1.82, 2.24) is 0 Å². The van der Waals surface area contributed by atoms with Gasteiger partial charge in [0, 0.05) is 5.02 Å². The Morgan fingerprint density at radius 1 is 1.10 bits per heavy atom. The van der Waals surface area contributed by atoms with Gasteiger partial charge >= 0.3 is 10.1 Å². The first-order valence-electron chi connectivity index (χ1n) is 5.94. The third-order valence-electron chi connectivity index (χ3n) is 2.71. The van der Waals surface area contributed by atoms with Gasteiger partial charge in [0.2, 0.25) is 0 Å². The lowest BCUT2D eigenvalue weighted by molar-refractivity contribution is 0.280. The van der Waals surface area contributed by atoms with Crippen LogP contribution in [0.15, 0.2) is 47.4 Å². The molecule has 1 N–H and O–H groups in total. The van der Waals surface area contributed by atoms with E-state index in [0.29, 0.717) is 10.6 Å². The SMILES string of the molecule is COc1cc(CO)ccc1OS(=O)(=O)c1ccc(Cl)cc1. The molecule has 0 spiro atoms. The topological polar surface area (TPSA) is 72.8 Å². The third-order valence-corrected chi connectivity index (χ3v) is 4.21. The van der Waals surface area contributed by atoms with Crippen LogP contribution in [-0.2, 0) is 16.7 Å². The van der Waals surface area contributed by atoms with Crippen molar-refractivity contribution >= 4 is 21.7 Å². The number of halogens is 1. The second kappa shape index (κ2) is 6.34. The Morgan fingerprint density at radius 2 is 1.76 bits per heavy atom. The van der Waals surface area contributed by atoms with Gasteiger partial charge in [0.15, 0.2) is 11.5 Å². The van der Waals surface area contributed by atoms with Gasteiger partial charge in [-0.25, -0.2) is 0 Å². The molecule has 5 nitrogen and oxygen atoms in total. The lowest BCUT2D eigenvalue weighted by Crippen LogP contribution is -2.10. The number of methoxy groups -OCH3 is 1. The maximum atomic E-state index is 12.2. The lowest BCUT2D eigenvalue weighted by Gasteiger charge is -2.11. The molecule has 2 rings (SSSR count). The van der Waals surface area contributed by atoms with Gasteiger partial charge in [-0.05, 0) is 42.0 Å². The maximum absolute atomic E-state index is 12.2. The molecule has 0 saturated carbocycles. The van der Waals surface area contributed by atoms with E-state index >= 15 is 0 Å². The molecule has 21 heavy (non-hydrogen) atoms. The molecule has 2 aromatic rings. The summed E-state index contributed by atoms with van der Waals surface area (Å²) in [4.78, 5) is -0.0137. The maximum Gasteiger partial charge on any atom is 0.339 e. The summed E-state index contributed by atoms with van der Waals surface area (Å²) < 4.78 is 34.5. The van der Waals surface area contributed by atoms with E-state index in [-0.39, 0.29) is 23.0 Å². The van der Waals surface area contributed by atoms with Crippen LogP contribution in [0.5, 0.6) is 11.5 Å². The van der Waals surface area contributed by atoms with Gasteiger partial charge < -0.3 is 14.0 Å². The second-order valence-electron chi connectivity index (χ2n) is 4.13. The Morgan fingerprint density at radius 3 is 2.33 bits per heavy atom. The van der Waals surface area contributed by atoms with Crippen molar-refractivity contribution in [3.63, 3.8) is 0 Å². The number of aliphatic hydroxyl groups is 1. The highest BCUT2D eigenvalue weighted by molar-refractivity contribution is 7.87. The largest absolute Gasteiger partial charge is 0.493 e. The molecule has 0 aliphatic rings. The Hall–Kier alpha value is -1.76.